The number of carbonyl (C=O) groups is 1. The summed E-state index contributed by atoms with van der Waals surface area (Å²) in [4.78, 5) is 22.6. The maximum atomic E-state index is 13.1. The zero-order chi connectivity index (χ0) is 21.5. The Bertz CT molecular complexity index is 1250. The Labute approximate surface area is 178 Å². The third kappa shape index (κ3) is 3.81. The highest BCUT2D eigenvalue weighted by Gasteiger charge is 2.33. The number of carbonyl (C=O) groups excluding carboxylic acids is 1. The predicted molar refractivity (Wildman–Crippen MR) is 112 cm³/mol. The van der Waals surface area contributed by atoms with Crippen molar-refractivity contribution in [1.29, 1.82) is 0 Å². The van der Waals surface area contributed by atoms with E-state index >= 15 is 0 Å². The van der Waals surface area contributed by atoms with Gasteiger partial charge in [-0.2, -0.15) is 0 Å². The number of hydrogen-bond donors (Lipinski definition) is 1. The third-order valence-electron chi connectivity index (χ3n) is 4.99. The topological polar surface area (TPSA) is 100 Å². The number of aromatic nitrogens is 2. The van der Waals surface area contributed by atoms with Crippen molar-refractivity contribution >= 4 is 27.3 Å². The van der Waals surface area contributed by atoms with Gasteiger partial charge < -0.3 is 10.0 Å². The second kappa shape index (κ2) is 7.79. The minimum atomic E-state index is -3.55. The van der Waals surface area contributed by atoms with Crippen LogP contribution in [0, 0.1) is 0 Å². The van der Waals surface area contributed by atoms with Crippen LogP contribution in [0.15, 0.2) is 59.9 Å². The number of nitrogens with zero attached hydrogens (tertiary/aromatic N) is 3. The molecule has 0 saturated heterocycles. The molecular weight excluding hydrogens is 426 g/mol. The summed E-state index contributed by atoms with van der Waals surface area (Å²) >= 11 is 6.07. The van der Waals surface area contributed by atoms with Gasteiger partial charge in [-0.25, -0.2) is 18.4 Å². The number of aliphatic hydroxyl groups is 1. The number of hydrogen-bond acceptors (Lipinski definition) is 6. The maximum Gasteiger partial charge on any atom is 0.255 e. The van der Waals surface area contributed by atoms with Crippen LogP contribution < -0.4 is 0 Å². The van der Waals surface area contributed by atoms with Crippen molar-refractivity contribution in [1.82, 2.24) is 14.9 Å². The van der Waals surface area contributed by atoms with Gasteiger partial charge in [0.1, 0.15) is 0 Å². The smallest absolute Gasteiger partial charge is 0.255 e. The lowest BCUT2D eigenvalue weighted by Crippen LogP contribution is -2.31. The average Bonchev–Trinajstić information content (AvgIpc) is 3.04. The first-order valence-corrected chi connectivity index (χ1v) is 11.4. The Balaban J connectivity index is 1.68. The van der Waals surface area contributed by atoms with Crippen LogP contribution in [-0.4, -0.2) is 47.2 Å². The number of amides is 1. The summed E-state index contributed by atoms with van der Waals surface area (Å²) in [7, 11) is -3.55. The molecule has 1 atom stereocenters. The highest BCUT2D eigenvalue weighted by Crippen LogP contribution is 2.34. The molecule has 154 valence electrons. The van der Waals surface area contributed by atoms with E-state index in [0.29, 0.717) is 28.4 Å². The Morgan fingerprint density at radius 1 is 1.20 bits per heavy atom. The molecule has 9 heteroatoms. The highest BCUT2D eigenvalue weighted by atomic mass is 35.5. The normalized spacial score (nSPS) is 14.6. The van der Waals surface area contributed by atoms with E-state index in [0.717, 1.165) is 17.4 Å². The molecule has 0 spiro atoms. The van der Waals surface area contributed by atoms with E-state index < -0.39 is 15.9 Å². The second-order valence-electron chi connectivity index (χ2n) is 7.05. The van der Waals surface area contributed by atoms with Gasteiger partial charge in [0.15, 0.2) is 0 Å². The van der Waals surface area contributed by atoms with E-state index in [1.165, 1.54) is 6.20 Å². The minimum Gasteiger partial charge on any atom is -0.394 e. The first-order chi connectivity index (χ1) is 14.3. The van der Waals surface area contributed by atoms with Gasteiger partial charge in [-0.3, -0.25) is 4.79 Å². The van der Waals surface area contributed by atoms with Crippen molar-refractivity contribution in [2.45, 2.75) is 17.7 Å². The van der Waals surface area contributed by atoms with Crippen LogP contribution in [0.3, 0.4) is 0 Å². The third-order valence-corrected chi connectivity index (χ3v) is 6.08. The molecule has 1 aromatic heterocycles. The number of rotatable bonds is 5. The Kier molecular flexibility index (Phi) is 5.31. The summed E-state index contributed by atoms with van der Waals surface area (Å²) in [6.07, 6.45) is 2.42. The summed E-state index contributed by atoms with van der Waals surface area (Å²) in [5.74, 6) is -0.219. The fraction of sp³-hybridized carbons (Fsp3) is 0.190. The fourth-order valence-electron chi connectivity index (χ4n) is 3.51. The number of benzene rings is 2. The van der Waals surface area contributed by atoms with Crippen molar-refractivity contribution in [2.75, 3.05) is 12.9 Å². The molecule has 2 aromatic carbocycles. The molecule has 0 fully saturated rings. The molecule has 30 heavy (non-hydrogen) atoms. The Hall–Kier alpha value is -2.81. The van der Waals surface area contributed by atoms with Gasteiger partial charge in [0, 0.05) is 35.1 Å². The van der Waals surface area contributed by atoms with Crippen LogP contribution in [0.2, 0.25) is 5.02 Å². The van der Waals surface area contributed by atoms with Crippen LogP contribution in [0.5, 0.6) is 0 Å². The first-order valence-electron chi connectivity index (χ1n) is 9.11. The molecule has 1 aliphatic heterocycles. The molecule has 0 bridgehead atoms. The van der Waals surface area contributed by atoms with Gasteiger partial charge in [0.25, 0.3) is 5.91 Å². The zero-order valence-electron chi connectivity index (χ0n) is 16.0. The molecular formula is C21H18ClN3O4S. The van der Waals surface area contributed by atoms with E-state index in [1.807, 2.05) is 12.1 Å². The highest BCUT2D eigenvalue weighted by molar-refractivity contribution is 7.90. The fourth-order valence-corrected chi connectivity index (χ4v) is 4.23. The molecule has 1 N–H and O–H groups in total. The lowest BCUT2D eigenvalue weighted by molar-refractivity contribution is 0.0615. The molecule has 0 aliphatic carbocycles. The molecule has 3 aromatic rings. The predicted octanol–water partition coefficient (Wildman–Crippen LogP) is 2.89. The standard InChI is InChI=1S/C21H18ClN3O4S/c1-30(28,29)21-23-8-7-18(24-21)13-5-6-15-11-25(20(27)17(15)10-13)19(12-26)14-3-2-4-16(22)9-14/h2-10,19,26H,11-12H2,1H3/t19-/m1/s1. The van der Waals surface area contributed by atoms with Gasteiger partial charge in [-0.1, -0.05) is 35.9 Å². The van der Waals surface area contributed by atoms with Crippen LogP contribution in [0.1, 0.15) is 27.5 Å². The average molecular weight is 444 g/mol. The van der Waals surface area contributed by atoms with Gasteiger partial charge >= 0.3 is 0 Å². The van der Waals surface area contributed by atoms with E-state index in [-0.39, 0.29) is 17.7 Å². The van der Waals surface area contributed by atoms with Crippen LogP contribution in [0.25, 0.3) is 11.3 Å². The molecule has 4 rings (SSSR count). The summed E-state index contributed by atoms with van der Waals surface area (Å²) in [6, 6.07) is 13.4. The van der Waals surface area contributed by atoms with Crippen molar-refractivity contribution in [2.24, 2.45) is 0 Å². The minimum absolute atomic E-state index is 0.219. The summed E-state index contributed by atoms with van der Waals surface area (Å²) in [5.41, 5.74) is 3.08. The van der Waals surface area contributed by atoms with Crippen molar-refractivity contribution in [3.63, 3.8) is 0 Å². The van der Waals surface area contributed by atoms with Crippen LogP contribution >= 0.6 is 11.6 Å². The molecule has 0 saturated carbocycles. The van der Waals surface area contributed by atoms with E-state index in [2.05, 4.69) is 9.97 Å². The molecule has 1 aliphatic rings. The largest absolute Gasteiger partial charge is 0.394 e. The zero-order valence-corrected chi connectivity index (χ0v) is 17.6. The molecule has 2 heterocycles. The first kappa shape index (κ1) is 20.5. The summed E-state index contributed by atoms with van der Waals surface area (Å²) in [6.45, 7) is 0.112. The van der Waals surface area contributed by atoms with E-state index in [1.54, 1.807) is 41.3 Å². The lowest BCUT2D eigenvalue weighted by atomic mass is 10.0. The number of aliphatic hydroxyl groups excluding tert-OH is 1. The molecule has 1 amide bonds. The van der Waals surface area contributed by atoms with Gasteiger partial charge in [0.05, 0.1) is 18.3 Å². The summed E-state index contributed by atoms with van der Waals surface area (Å²) < 4.78 is 23.5. The molecule has 0 unspecified atom stereocenters. The maximum absolute atomic E-state index is 13.1. The van der Waals surface area contributed by atoms with Crippen molar-refractivity contribution < 1.29 is 18.3 Å². The van der Waals surface area contributed by atoms with Gasteiger partial charge in [-0.15, -0.1) is 0 Å². The lowest BCUT2D eigenvalue weighted by Gasteiger charge is -2.26. The second-order valence-corrected chi connectivity index (χ2v) is 9.40. The van der Waals surface area contributed by atoms with E-state index in [4.69, 9.17) is 11.6 Å². The monoisotopic (exact) mass is 443 g/mol. The van der Waals surface area contributed by atoms with Crippen molar-refractivity contribution in [3.8, 4) is 11.3 Å². The number of halogens is 1. The number of fused-ring (bicyclic) bond motifs is 1. The van der Waals surface area contributed by atoms with Gasteiger partial charge in [0.2, 0.25) is 15.0 Å². The van der Waals surface area contributed by atoms with Crippen LogP contribution in [0.4, 0.5) is 0 Å². The number of sulfone groups is 1. The van der Waals surface area contributed by atoms with Crippen LogP contribution in [-0.2, 0) is 16.4 Å². The Morgan fingerprint density at radius 2 is 2.00 bits per heavy atom. The van der Waals surface area contributed by atoms with Gasteiger partial charge in [-0.05, 0) is 35.4 Å². The Morgan fingerprint density at radius 3 is 2.70 bits per heavy atom. The quantitative estimate of drug-likeness (QED) is 0.608. The van der Waals surface area contributed by atoms with Crippen molar-refractivity contribution in [3.05, 3.63) is 76.4 Å². The molecule has 7 nitrogen and oxygen atoms in total. The van der Waals surface area contributed by atoms with E-state index in [9.17, 15) is 18.3 Å². The molecule has 0 radical (unpaired) electrons. The summed E-state index contributed by atoms with van der Waals surface area (Å²) in [5, 5.41) is 10.2. The SMILES string of the molecule is CS(=O)(=O)c1nccc(-c2ccc3c(c2)C(=O)N([C@H](CO)c2cccc(Cl)c2)C3)n1.